The third-order valence-corrected chi connectivity index (χ3v) is 2.94. The molecule has 0 rings (SSSR count). The molecular weight excluding hydrogens is 188 g/mol. The summed E-state index contributed by atoms with van der Waals surface area (Å²) >= 11 is 0. The summed E-state index contributed by atoms with van der Waals surface area (Å²) in [6.07, 6.45) is 4.12. The first-order valence-electron chi connectivity index (χ1n) is 5.58. The highest BCUT2D eigenvalue weighted by molar-refractivity contribution is 5.76. The molecular formula is C12H24N2O. The molecule has 3 N–H and O–H groups in total. The van der Waals surface area contributed by atoms with E-state index in [0.29, 0.717) is 18.9 Å². The number of carbonyl (C=O) groups is 1. The zero-order chi connectivity index (χ0) is 11.9. The standard InChI is InChI=1S/C12H24N2O/c1-5-6-7-8-11(15)14-12(4,9-13)10(2)3/h5,10H,1,6-9,13H2,2-4H3,(H,14,15). The number of amides is 1. The summed E-state index contributed by atoms with van der Waals surface area (Å²) in [6.45, 7) is 10.2. The second-order valence-corrected chi connectivity index (χ2v) is 4.51. The summed E-state index contributed by atoms with van der Waals surface area (Å²) in [5, 5.41) is 3.00. The number of carbonyl (C=O) groups excluding carboxylic acids is 1. The predicted octanol–water partition coefficient (Wildman–Crippen LogP) is 1.83. The third-order valence-electron chi connectivity index (χ3n) is 2.94. The number of unbranched alkanes of at least 4 members (excludes halogenated alkanes) is 1. The molecule has 88 valence electrons. The van der Waals surface area contributed by atoms with Gasteiger partial charge in [-0.15, -0.1) is 6.58 Å². The summed E-state index contributed by atoms with van der Waals surface area (Å²) in [5.41, 5.74) is 5.39. The monoisotopic (exact) mass is 212 g/mol. The lowest BCUT2D eigenvalue weighted by Crippen LogP contribution is -2.54. The van der Waals surface area contributed by atoms with Crippen molar-refractivity contribution in [3.05, 3.63) is 12.7 Å². The van der Waals surface area contributed by atoms with Crippen molar-refractivity contribution in [1.82, 2.24) is 5.32 Å². The maximum Gasteiger partial charge on any atom is 0.220 e. The molecule has 0 fully saturated rings. The molecule has 0 radical (unpaired) electrons. The highest BCUT2D eigenvalue weighted by Crippen LogP contribution is 2.15. The predicted molar refractivity (Wildman–Crippen MR) is 64.5 cm³/mol. The molecule has 0 aliphatic rings. The van der Waals surface area contributed by atoms with Crippen LogP contribution in [0.4, 0.5) is 0 Å². The van der Waals surface area contributed by atoms with Gasteiger partial charge >= 0.3 is 0 Å². The van der Waals surface area contributed by atoms with Crippen LogP contribution in [0.5, 0.6) is 0 Å². The molecule has 0 aliphatic heterocycles. The Morgan fingerprint density at radius 3 is 2.60 bits per heavy atom. The van der Waals surface area contributed by atoms with Gasteiger partial charge in [-0.1, -0.05) is 19.9 Å². The Kier molecular flexibility index (Phi) is 6.25. The van der Waals surface area contributed by atoms with Gasteiger partial charge in [0.1, 0.15) is 0 Å². The second-order valence-electron chi connectivity index (χ2n) is 4.51. The molecule has 0 aromatic rings. The lowest BCUT2D eigenvalue weighted by molar-refractivity contribution is -0.123. The molecule has 0 aromatic heterocycles. The minimum atomic E-state index is -0.286. The van der Waals surface area contributed by atoms with E-state index in [1.165, 1.54) is 0 Å². The Labute approximate surface area is 93.1 Å². The molecule has 0 aromatic carbocycles. The number of hydrogen-bond donors (Lipinski definition) is 2. The molecule has 0 heterocycles. The molecule has 0 saturated carbocycles. The SMILES string of the molecule is C=CCCCC(=O)NC(C)(CN)C(C)C. The largest absolute Gasteiger partial charge is 0.349 e. The molecule has 1 unspecified atom stereocenters. The van der Waals surface area contributed by atoms with Crippen LogP contribution in [-0.4, -0.2) is 18.0 Å². The maximum absolute atomic E-state index is 11.6. The van der Waals surface area contributed by atoms with Crippen LogP contribution in [0, 0.1) is 5.92 Å². The van der Waals surface area contributed by atoms with E-state index in [1.807, 2.05) is 13.0 Å². The summed E-state index contributed by atoms with van der Waals surface area (Å²) in [5.74, 6) is 0.421. The van der Waals surface area contributed by atoms with Crippen LogP contribution in [0.2, 0.25) is 0 Å². The molecule has 0 bridgehead atoms. The van der Waals surface area contributed by atoms with Gasteiger partial charge in [-0.25, -0.2) is 0 Å². The van der Waals surface area contributed by atoms with Gasteiger partial charge < -0.3 is 11.1 Å². The minimum Gasteiger partial charge on any atom is -0.349 e. The minimum absolute atomic E-state index is 0.0819. The van der Waals surface area contributed by atoms with Crippen LogP contribution in [-0.2, 0) is 4.79 Å². The van der Waals surface area contributed by atoms with Gasteiger partial charge in [0.25, 0.3) is 0 Å². The van der Waals surface area contributed by atoms with Gasteiger partial charge in [-0.2, -0.15) is 0 Å². The summed E-state index contributed by atoms with van der Waals surface area (Å²) < 4.78 is 0. The normalized spacial score (nSPS) is 14.7. The van der Waals surface area contributed by atoms with Crippen molar-refractivity contribution in [2.45, 2.75) is 45.6 Å². The van der Waals surface area contributed by atoms with Crippen molar-refractivity contribution >= 4 is 5.91 Å². The van der Waals surface area contributed by atoms with Gasteiger partial charge in [-0.05, 0) is 25.7 Å². The number of rotatable bonds is 7. The molecule has 0 aliphatic carbocycles. The van der Waals surface area contributed by atoms with Gasteiger partial charge in [-0.3, -0.25) is 4.79 Å². The fourth-order valence-electron chi connectivity index (χ4n) is 1.22. The van der Waals surface area contributed by atoms with Crippen molar-refractivity contribution in [1.29, 1.82) is 0 Å². The number of hydrogen-bond acceptors (Lipinski definition) is 2. The Morgan fingerprint density at radius 1 is 1.60 bits per heavy atom. The molecule has 1 amide bonds. The zero-order valence-corrected chi connectivity index (χ0v) is 10.2. The van der Waals surface area contributed by atoms with Crippen molar-refractivity contribution < 1.29 is 4.79 Å². The van der Waals surface area contributed by atoms with Crippen molar-refractivity contribution in [2.75, 3.05) is 6.54 Å². The highest BCUT2D eigenvalue weighted by atomic mass is 16.1. The van der Waals surface area contributed by atoms with E-state index in [9.17, 15) is 4.79 Å². The van der Waals surface area contributed by atoms with E-state index < -0.39 is 0 Å². The second kappa shape index (κ2) is 6.62. The summed E-state index contributed by atoms with van der Waals surface area (Å²) in [7, 11) is 0. The van der Waals surface area contributed by atoms with Gasteiger partial charge in [0, 0.05) is 13.0 Å². The molecule has 0 saturated heterocycles. The Balaban J connectivity index is 4.07. The van der Waals surface area contributed by atoms with Crippen LogP contribution < -0.4 is 11.1 Å². The summed E-state index contributed by atoms with van der Waals surface area (Å²) in [6, 6.07) is 0. The Morgan fingerprint density at radius 2 is 2.20 bits per heavy atom. The molecule has 3 nitrogen and oxygen atoms in total. The number of nitrogens with two attached hydrogens (primary N) is 1. The van der Waals surface area contributed by atoms with Crippen LogP contribution in [0.25, 0.3) is 0 Å². The Bertz CT molecular complexity index is 214. The first-order chi connectivity index (χ1) is 6.96. The smallest absolute Gasteiger partial charge is 0.220 e. The first-order valence-corrected chi connectivity index (χ1v) is 5.58. The van der Waals surface area contributed by atoms with Crippen molar-refractivity contribution in [2.24, 2.45) is 11.7 Å². The lowest BCUT2D eigenvalue weighted by atomic mass is 9.88. The van der Waals surface area contributed by atoms with E-state index in [-0.39, 0.29) is 11.4 Å². The fourth-order valence-corrected chi connectivity index (χ4v) is 1.22. The average molecular weight is 212 g/mol. The van der Waals surface area contributed by atoms with E-state index in [4.69, 9.17) is 5.73 Å². The van der Waals surface area contributed by atoms with E-state index in [2.05, 4.69) is 25.7 Å². The van der Waals surface area contributed by atoms with Gasteiger partial charge in [0.05, 0.1) is 5.54 Å². The van der Waals surface area contributed by atoms with Crippen molar-refractivity contribution in [3.63, 3.8) is 0 Å². The lowest BCUT2D eigenvalue weighted by Gasteiger charge is -2.33. The average Bonchev–Trinajstić information content (AvgIpc) is 2.17. The van der Waals surface area contributed by atoms with Crippen LogP contribution in [0.3, 0.4) is 0 Å². The number of nitrogens with one attached hydrogen (secondary N) is 1. The molecule has 1 atom stereocenters. The van der Waals surface area contributed by atoms with E-state index in [1.54, 1.807) is 0 Å². The topological polar surface area (TPSA) is 55.1 Å². The molecule has 15 heavy (non-hydrogen) atoms. The van der Waals surface area contributed by atoms with E-state index >= 15 is 0 Å². The van der Waals surface area contributed by atoms with Crippen LogP contribution in [0.15, 0.2) is 12.7 Å². The molecule has 3 heteroatoms. The maximum atomic E-state index is 11.6. The van der Waals surface area contributed by atoms with Gasteiger partial charge in [0.2, 0.25) is 5.91 Å². The molecule has 0 spiro atoms. The summed E-state index contributed by atoms with van der Waals surface area (Å²) in [4.78, 5) is 11.6. The fraction of sp³-hybridized carbons (Fsp3) is 0.750. The van der Waals surface area contributed by atoms with Crippen molar-refractivity contribution in [3.8, 4) is 0 Å². The first kappa shape index (κ1) is 14.2. The van der Waals surface area contributed by atoms with Gasteiger partial charge in [0.15, 0.2) is 0 Å². The van der Waals surface area contributed by atoms with Crippen LogP contribution >= 0.6 is 0 Å². The van der Waals surface area contributed by atoms with Crippen LogP contribution in [0.1, 0.15) is 40.0 Å². The quantitative estimate of drug-likeness (QED) is 0.499. The number of allylic oxidation sites excluding steroid dienone is 1. The Hall–Kier alpha value is -0.830. The zero-order valence-electron chi connectivity index (χ0n) is 10.2. The van der Waals surface area contributed by atoms with E-state index in [0.717, 1.165) is 12.8 Å². The third kappa shape index (κ3) is 4.98. The highest BCUT2D eigenvalue weighted by Gasteiger charge is 2.27.